The first-order valence-electron chi connectivity index (χ1n) is 7.58. The quantitative estimate of drug-likeness (QED) is 0.278. The summed E-state index contributed by atoms with van der Waals surface area (Å²) in [6.07, 6.45) is 0. The third kappa shape index (κ3) is 4.24. The summed E-state index contributed by atoms with van der Waals surface area (Å²) in [7, 11) is 0. The number of hydrogen-bond acceptors (Lipinski definition) is 4. The molecular weight excluding hydrogens is 397 g/mol. The molecule has 0 amide bonds. The number of carbonyl (C=O) groups excluding carboxylic acids is 1. The number of carbonyl (C=O) groups is 1. The van der Waals surface area contributed by atoms with Gasteiger partial charge in [-0.3, -0.25) is 4.99 Å². The predicted octanol–water partition coefficient (Wildman–Crippen LogP) is 1.72. The van der Waals surface area contributed by atoms with E-state index in [1.807, 2.05) is 0 Å². The summed E-state index contributed by atoms with van der Waals surface area (Å²) in [4.78, 5) is 27.6. The van der Waals surface area contributed by atoms with Crippen molar-refractivity contribution in [2.24, 2.45) is 4.99 Å². The van der Waals surface area contributed by atoms with Crippen LogP contribution in [0.15, 0.2) is 56.7 Å². The van der Waals surface area contributed by atoms with Crippen LogP contribution in [0.2, 0.25) is 0 Å². The summed E-state index contributed by atoms with van der Waals surface area (Å²) < 4.78 is 5.33. The van der Waals surface area contributed by atoms with Gasteiger partial charge in [0.05, 0.1) is 11.4 Å². The van der Waals surface area contributed by atoms with Crippen LogP contribution in [0.4, 0.5) is 5.69 Å². The Hall–Kier alpha value is -2.96. The van der Waals surface area contributed by atoms with E-state index in [1.165, 1.54) is 12.1 Å². The summed E-state index contributed by atoms with van der Waals surface area (Å²) in [5, 5.41) is 16.2. The molecule has 1 heterocycles. The first kappa shape index (κ1) is 22.1. The van der Waals surface area contributed by atoms with Crippen LogP contribution >= 0.6 is 0 Å². The number of rotatable bonds is 3. The third-order valence-electron chi connectivity index (χ3n) is 3.92. The van der Waals surface area contributed by atoms with E-state index in [0.717, 1.165) is 10.9 Å². The number of nitrogens with zero attached hydrogens (tertiary/aromatic N) is 1. The molecule has 1 aromatic heterocycles. The first-order valence-corrected chi connectivity index (χ1v) is 7.58. The molecule has 0 unspecified atom stereocenters. The Labute approximate surface area is 164 Å². The van der Waals surface area contributed by atoms with Crippen LogP contribution in [-0.4, -0.2) is 27.4 Å². The SMILES string of the molecule is CC(=Nc1ccccc1C(=O)[OH2+])c1c([OH2+])ccc2c(C)cc(=O)oc12.O.[Ni]. The smallest absolute Gasteiger partial charge is 0.551 e. The van der Waals surface area contributed by atoms with Crippen LogP contribution in [-0.2, 0) is 16.5 Å². The zero-order valence-corrected chi connectivity index (χ0v) is 15.5. The molecule has 0 aliphatic heterocycles. The molecule has 3 aromatic rings. The Morgan fingerprint density at radius 3 is 2.48 bits per heavy atom. The Kier molecular flexibility index (Phi) is 7.05. The van der Waals surface area contributed by atoms with Gasteiger partial charge in [0.2, 0.25) is 0 Å². The van der Waals surface area contributed by atoms with Gasteiger partial charge in [0.25, 0.3) is 5.75 Å². The number of fused-ring (bicyclic) bond motifs is 1. The van der Waals surface area contributed by atoms with Gasteiger partial charge in [0.15, 0.2) is 5.58 Å². The zero-order chi connectivity index (χ0) is 18.1. The molecule has 0 atom stereocenters. The van der Waals surface area contributed by atoms with Crippen LogP contribution in [0.5, 0.6) is 5.75 Å². The molecule has 0 fully saturated rings. The standard InChI is InChI=1S/C19H15NO5.Ni.H2O/c1-10-9-16(22)25-18-12(10)7-8-15(21)17(18)11(2)20-14-6-4-3-5-13(14)19(23)24;;/h3-9,21H,1-2H3,(H,23,24);;1H2/p+2. The van der Waals surface area contributed by atoms with Crippen LogP contribution < -0.4 is 5.63 Å². The van der Waals surface area contributed by atoms with Crippen molar-refractivity contribution in [2.45, 2.75) is 13.8 Å². The van der Waals surface area contributed by atoms with E-state index in [0.29, 0.717) is 22.5 Å². The molecule has 6 N–H and O–H groups in total. The van der Waals surface area contributed by atoms with E-state index in [9.17, 15) is 9.59 Å². The molecule has 2 aromatic carbocycles. The average Bonchev–Trinajstić information content (AvgIpc) is 2.54. The van der Waals surface area contributed by atoms with E-state index < -0.39 is 11.6 Å². The predicted molar refractivity (Wildman–Crippen MR) is 100 cm³/mol. The minimum Gasteiger partial charge on any atom is -0.593 e. The van der Waals surface area contributed by atoms with Crippen molar-refractivity contribution < 1.29 is 41.4 Å². The fraction of sp³-hybridized carbons (Fsp3) is 0.105. The summed E-state index contributed by atoms with van der Waals surface area (Å²) in [6.45, 7) is 3.48. The Morgan fingerprint density at radius 1 is 1.15 bits per heavy atom. The van der Waals surface area contributed by atoms with Gasteiger partial charge in [-0.2, -0.15) is 0 Å². The van der Waals surface area contributed by atoms with E-state index in [1.54, 1.807) is 44.2 Å². The Bertz CT molecular complexity index is 1090. The summed E-state index contributed by atoms with van der Waals surface area (Å²) >= 11 is 0. The zero-order valence-electron chi connectivity index (χ0n) is 14.5. The molecule has 144 valence electrons. The number of para-hydroxylation sites is 1. The second-order valence-corrected chi connectivity index (χ2v) is 5.66. The average molecular weight is 416 g/mol. The van der Waals surface area contributed by atoms with Crippen molar-refractivity contribution in [1.82, 2.24) is 0 Å². The minimum absolute atomic E-state index is 0. The Balaban J connectivity index is 0.00000182. The minimum atomic E-state index is -0.835. The molecule has 0 spiro atoms. The summed E-state index contributed by atoms with van der Waals surface area (Å²) in [6, 6.07) is 11.3. The van der Waals surface area contributed by atoms with Gasteiger partial charge in [-0.25, -0.2) is 4.79 Å². The third-order valence-corrected chi connectivity index (χ3v) is 3.92. The van der Waals surface area contributed by atoms with Gasteiger partial charge in [0.1, 0.15) is 11.1 Å². The maximum absolute atomic E-state index is 11.8. The van der Waals surface area contributed by atoms with Gasteiger partial charge in [-0.1, -0.05) is 12.1 Å². The van der Waals surface area contributed by atoms with Crippen molar-refractivity contribution in [3.05, 3.63) is 69.6 Å². The van der Waals surface area contributed by atoms with Crippen LogP contribution in [0.25, 0.3) is 11.0 Å². The topological polar surface area (TPSA) is 137 Å². The van der Waals surface area contributed by atoms with E-state index in [2.05, 4.69) is 4.99 Å². The molecule has 27 heavy (non-hydrogen) atoms. The molecule has 0 aliphatic rings. The monoisotopic (exact) mass is 415 g/mol. The summed E-state index contributed by atoms with van der Waals surface area (Å²) in [5.41, 5.74) is 1.89. The fourth-order valence-corrected chi connectivity index (χ4v) is 2.74. The van der Waals surface area contributed by atoms with Crippen molar-refractivity contribution in [2.75, 3.05) is 0 Å². The first-order chi connectivity index (χ1) is 11.9. The van der Waals surface area contributed by atoms with Gasteiger partial charge in [-0.15, -0.1) is 0 Å². The van der Waals surface area contributed by atoms with Crippen molar-refractivity contribution >= 4 is 28.3 Å². The summed E-state index contributed by atoms with van der Waals surface area (Å²) in [5.74, 6) is -0.671. The number of hydrogen-bond donors (Lipinski definition) is 0. The maximum Gasteiger partial charge on any atom is 0.551 e. The molecule has 8 heteroatoms. The molecule has 0 saturated heterocycles. The van der Waals surface area contributed by atoms with Crippen molar-refractivity contribution in [3.8, 4) is 5.75 Å². The normalized spacial score (nSPS) is 10.8. The van der Waals surface area contributed by atoms with Gasteiger partial charge < -0.3 is 20.1 Å². The van der Waals surface area contributed by atoms with Crippen molar-refractivity contribution in [1.29, 1.82) is 0 Å². The van der Waals surface area contributed by atoms with E-state index in [4.69, 9.17) is 14.6 Å². The van der Waals surface area contributed by atoms with Crippen molar-refractivity contribution in [3.63, 3.8) is 0 Å². The second-order valence-electron chi connectivity index (χ2n) is 5.66. The molecular formula is C19H19NNiO6+2. The maximum atomic E-state index is 11.8. The Morgan fingerprint density at radius 2 is 1.81 bits per heavy atom. The molecule has 3 rings (SSSR count). The molecule has 0 aliphatic carbocycles. The van der Waals surface area contributed by atoms with Gasteiger partial charge in [0, 0.05) is 38.8 Å². The molecule has 0 saturated carbocycles. The van der Waals surface area contributed by atoms with Gasteiger partial charge in [-0.05, 0) is 37.6 Å². The van der Waals surface area contributed by atoms with Crippen LogP contribution in [0.1, 0.15) is 28.4 Å². The fourth-order valence-electron chi connectivity index (χ4n) is 2.74. The van der Waals surface area contributed by atoms with Gasteiger partial charge >= 0.3 is 11.6 Å². The molecule has 7 nitrogen and oxygen atoms in total. The van der Waals surface area contributed by atoms with Crippen LogP contribution in [0.3, 0.4) is 0 Å². The number of aryl methyl sites for hydroxylation is 1. The van der Waals surface area contributed by atoms with Crippen LogP contribution in [0, 0.1) is 6.92 Å². The molecule has 0 radical (unpaired) electrons. The number of aliphatic imine (C=N–C) groups is 1. The largest absolute Gasteiger partial charge is 0.593 e. The number of benzene rings is 2. The second kappa shape index (κ2) is 8.62. The molecule has 0 bridgehead atoms. The van der Waals surface area contributed by atoms with E-state index in [-0.39, 0.29) is 33.3 Å². The van der Waals surface area contributed by atoms with E-state index >= 15 is 0 Å².